The lowest BCUT2D eigenvalue weighted by Crippen LogP contribution is -2.14. The summed E-state index contributed by atoms with van der Waals surface area (Å²) in [6.45, 7) is 2.05. The van der Waals surface area contributed by atoms with Gasteiger partial charge in [-0.05, 0) is 29.2 Å². The van der Waals surface area contributed by atoms with E-state index in [4.69, 9.17) is 0 Å². The summed E-state index contributed by atoms with van der Waals surface area (Å²) in [6, 6.07) is 7.25. The van der Waals surface area contributed by atoms with Crippen LogP contribution in [0.5, 0.6) is 0 Å². The van der Waals surface area contributed by atoms with E-state index in [0.717, 1.165) is 11.1 Å². The molecule has 0 spiro atoms. The van der Waals surface area contributed by atoms with Gasteiger partial charge in [0.2, 0.25) is 9.84 Å². The molecule has 1 atom stereocenters. The van der Waals surface area contributed by atoms with Crippen LogP contribution in [-0.2, 0) is 16.3 Å². The van der Waals surface area contributed by atoms with E-state index in [1.807, 2.05) is 37.3 Å². The first kappa shape index (κ1) is 11.5. The smallest absolute Gasteiger partial charge is 0.207 e. The highest BCUT2D eigenvalue weighted by molar-refractivity contribution is 7.95. The minimum Gasteiger partial charge on any atom is -0.218 e. The molecule has 18 heavy (non-hydrogen) atoms. The van der Waals surface area contributed by atoms with Gasteiger partial charge in [0, 0.05) is 6.42 Å². The lowest BCUT2D eigenvalue weighted by Gasteiger charge is -2.19. The molecule has 3 heteroatoms. The van der Waals surface area contributed by atoms with E-state index in [9.17, 15) is 8.42 Å². The van der Waals surface area contributed by atoms with Crippen molar-refractivity contribution in [1.82, 2.24) is 0 Å². The zero-order valence-corrected chi connectivity index (χ0v) is 10.9. The maximum atomic E-state index is 12.6. The highest BCUT2D eigenvalue weighted by Gasteiger charge is 2.29. The van der Waals surface area contributed by atoms with Crippen molar-refractivity contribution < 1.29 is 8.42 Å². The van der Waals surface area contributed by atoms with Crippen LogP contribution in [-0.4, -0.2) is 8.42 Å². The fraction of sp³-hybridized carbons (Fsp3) is 0.200. The molecule has 0 fully saturated rings. The molecular weight excluding hydrogens is 244 g/mol. The summed E-state index contributed by atoms with van der Waals surface area (Å²) in [6.07, 6.45) is 8.38. The van der Waals surface area contributed by atoms with Crippen LogP contribution in [0.3, 0.4) is 0 Å². The van der Waals surface area contributed by atoms with Crippen LogP contribution in [0.15, 0.2) is 63.9 Å². The van der Waals surface area contributed by atoms with Crippen LogP contribution < -0.4 is 0 Å². The maximum absolute atomic E-state index is 12.6. The van der Waals surface area contributed by atoms with Crippen LogP contribution in [0.4, 0.5) is 0 Å². The number of allylic oxidation sites excluding steroid dienone is 5. The molecule has 0 bridgehead atoms. The van der Waals surface area contributed by atoms with Crippen molar-refractivity contribution in [1.29, 1.82) is 0 Å². The molecule has 0 N–H and O–H groups in total. The van der Waals surface area contributed by atoms with Gasteiger partial charge in [-0.15, -0.1) is 0 Å². The minimum atomic E-state index is -3.35. The van der Waals surface area contributed by atoms with Crippen molar-refractivity contribution in [3.05, 3.63) is 64.6 Å². The molecule has 0 saturated heterocycles. The van der Waals surface area contributed by atoms with Crippen molar-refractivity contribution in [2.24, 2.45) is 5.92 Å². The molecule has 1 heterocycles. The van der Waals surface area contributed by atoms with E-state index in [1.54, 1.807) is 18.2 Å². The van der Waals surface area contributed by atoms with Crippen molar-refractivity contribution in [2.75, 3.05) is 0 Å². The van der Waals surface area contributed by atoms with Crippen molar-refractivity contribution in [2.45, 2.75) is 18.2 Å². The van der Waals surface area contributed by atoms with E-state index < -0.39 is 9.84 Å². The Labute approximate surface area is 107 Å². The molecule has 1 aliphatic heterocycles. The van der Waals surface area contributed by atoms with Gasteiger partial charge in [0.1, 0.15) is 0 Å². The Hall–Kier alpha value is -1.61. The standard InChI is InChI=1S/C15H14O2S/c1-11-6-8-13-10-12-4-2-3-5-14(12)18(16,17)15(13)9-7-11/h2-9,11H,10H2,1H3. The monoisotopic (exact) mass is 258 g/mol. The molecule has 0 radical (unpaired) electrons. The fourth-order valence-corrected chi connectivity index (χ4v) is 4.13. The highest BCUT2D eigenvalue weighted by Crippen LogP contribution is 2.35. The normalized spacial score (nSPS) is 24.4. The lowest BCUT2D eigenvalue weighted by atomic mass is 10.0. The van der Waals surface area contributed by atoms with Gasteiger partial charge < -0.3 is 0 Å². The summed E-state index contributed by atoms with van der Waals surface area (Å²) in [5, 5.41) is 0. The zero-order valence-electron chi connectivity index (χ0n) is 10.1. The van der Waals surface area contributed by atoms with E-state index in [2.05, 4.69) is 0 Å². The van der Waals surface area contributed by atoms with Crippen LogP contribution in [0.2, 0.25) is 0 Å². The Balaban J connectivity index is 2.26. The molecule has 0 aromatic heterocycles. The Morgan fingerprint density at radius 1 is 1.11 bits per heavy atom. The first-order chi connectivity index (χ1) is 8.59. The summed E-state index contributed by atoms with van der Waals surface area (Å²) in [5.41, 5.74) is 1.79. The van der Waals surface area contributed by atoms with Crippen molar-refractivity contribution >= 4 is 9.84 Å². The van der Waals surface area contributed by atoms with Gasteiger partial charge in [0.25, 0.3) is 0 Å². The predicted octanol–water partition coefficient (Wildman–Crippen LogP) is 3.03. The molecule has 2 nitrogen and oxygen atoms in total. The van der Waals surface area contributed by atoms with Crippen LogP contribution in [0.25, 0.3) is 0 Å². The number of rotatable bonds is 0. The molecule has 0 amide bonds. The second-order valence-electron chi connectivity index (χ2n) is 4.75. The summed E-state index contributed by atoms with van der Waals surface area (Å²) >= 11 is 0. The van der Waals surface area contributed by atoms with Gasteiger partial charge in [-0.1, -0.05) is 43.4 Å². The predicted molar refractivity (Wildman–Crippen MR) is 71.8 cm³/mol. The Bertz CT molecular complexity index is 691. The number of sulfone groups is 1. The first-order valence-corrected chi connectivity index (χ1v) is 7.50. The van der Waals surface area contributed by atoms with Gasteiger partial charge in [-0.3, -0.25) is 0 Å². The topological polar surface area (TPSA) is 34.1 Å². The molecule has 1 aromatic carbocycles. The van der Waals surface area contributed by atoms with Crippen molar-refractivity contribution in [3.63, 3.8) is 0 Å². The van der Waals surface area contributed by atoms with E-state index >= 15 is 0 Å². The van der Waals surface area contributed by atoms with Crippen LogP contribution in [0.1, 0.15) is 12.5 Å². The van der Waals surface area contributed by atoms with Gasteiger partial charge in [-0.2, -0.15) is 0 Å². The summed E-state index contributed by atoms with van der Waals surface area (Å²) in [7, 11) is -3.35. The summed E-state index contributed by atoms with van der Waals surface area (Å²) in [5.74, 6) is 0.272. The third-order valence-corrected chi connectivity index (χ3v) is 5.36. The molecular formula is C15H14O2S. The van der Waals surface area contributed by atoms with Crippen LogP contribution in [0, 0.1) is 5.92 Å². The third-order valence-electron chi connectivity index (χ3n) is 3.40. The average molecular weight is 258 g/mol. The minimum absolute atomic E-state index is 0.272. The van der Waals surface area contributed by atoms with E-state index in [1.165, 1.54) is 0 Å². The lowest BCUT2D eigenvalue weighted by molar-refractivity contribution is 0.600. The molecule has 92 valence electrons. The first-order valence-electron chi connectivity index (χ1n) is 6.01. The van der Waals surface area contributed by atoms with Gasteiger partial charge in [0.15, 0.2) is 0 Å². The van der Waals surface area contributed by atoms with Crippen molar-refractivity contribution in [3.8, 4) is 0 Å². The van der Waals surface area contributed by atoms with E-state index in [-0.39, 0.29) is 5.92 Å². The number of benzene rings is 1. The van der Waals surface area contributed by atoms with E-state index in [0.29, 0.717) is 16.2 Å². The van der Waals surface area contributed by atoms with Crippen LogP contribution >= 0.6 is 0 Å². The third kappa shape index (κ3) is 1.66. The molecule has 1 unspecified atom stereocenters. The Morgan fingerprint density at radius 2 is 1.83 bits per heavy atom. The largest absolute Gasteiger partial charge is 0.218 e. The molecule has 1 aromatic rings. The molecule has 1 aliphatic carbocycles. The van der Waals surface area contributed by atoms with Gasteiger partial charge in [-0.25, -0.2) is 8.42 Å². The molecule has 2 aliphatic rings. The summed E-state index contributed by atoms with van der Waals surface area (Å²) < 4.78 is 25.1. The highest BCUT2D eigenvalue weighted by atomic mass is 32.2. The number of hydrogen-bond acceptors (Lipinski definition) is 2. The van der Waals surface area contributed by atoms with Gasteiger partial charge >= 0.3 is 0 Å². The molecule has 0 saturated carbocycles. The summed E-state index contributed by atoms with van der Waals surface area (Å²) in [4.78, 5) is 0.915. The maximum Gasteiger partial charge on any atom is 0.207 e. The average Bonchev–Trinajstić information content (AvgIpc) is 2.53. The Morgan fingerprint density at radius 3 is 2.67 bits per heavy atom. The SMILES string of the molecule is CC1C=CC2=C(C=C1)S(=O)(=O)c1ccccc1C2. The second kappa shape index (κ2) is 3.95. The Kier molecular flexibility index (Phi) is 2.52. The second-order valence-corrected chi connectivity index (χ2v) is 6.64. The number of hydrogen-bond donors (Lipinski definition) is 0. The van der Waals surface area contributed by atoms with Gasteiger partial charge in [0.05, 0.1) is 9.80 Å². The quantitative estimate of drug-likeness (QED) is 0.717. The fourth-order valence-electron chi connectivity index (χ4n) is 2.40. The molecule has 3 rings (SSSR count). The zero-order chi connectivity index (χ0) is 12.8. The number of fused-ring (bicyclic) bond motifs is 1.